The molecule has 0 aromatic carbocycles. The van der Waals surface area contributed by atoms with E-state index in [1.165, 1.54) is 12.4 Å². The van der Waals surface area contributed by atoms with E-state index >= 15 is 0 Å². The Bertz CT molecular complexity index is 381. The van der Waals surface area contributed by atoms with Crippen molar-refractivity contribution in [3.8, 4) is 0 Å². The van der Waals surface area contributed by atoms with Gasteiger partial charge in [-0.3, -0.25) is 9.59 Å². The zero-order chi connectivity index (χ0) is 12.7. The van der Waals surface area contributed by atoms with Crippen molar-refractivity contribution < 1.29 is 14.7 Å². The first-order chi connectivity index (χ1) is 8.13. The first-order valence-corrected chi connectivity index (χ1v) is 5.40. The monoisotopic (exact) mass is 237 g/mol. The van der Waals surface area contributed by atoms with E-state index in [-0.39, 0.29) is 18.2 Å². The zero-order valence-electron chi connectivity index (χ0n) is 9.59. The number of hydrogen-bond donors (Lipinski definition) is 2. The molecule has 92 valence electrons. The summed E-state index contributed by atoms with van der Waals surface area (Å²) in [7, 11) is 0. The van der Waals surface area contributed by atoms with Gasteiger partial charge in [0.25, 0.3) is 5.91 Å². The number of carbonyl (C=O) groups excluding carboxylic acids is 1. The first-order valence-electron chi connectivity index (χ1n) is 5.40. The highest BCUT2D eigenvalue weighted by Crippen LogP contribution is 2.07. The van der Waals surface area contributed by atoms with Crippen molar-refractivity contribution in [1.82, 2.24) is 15.5 Å². The lowest BCUT2D eigenvalue weighted by Crippen LogP contribution is -2.30. The van der Waals surface area contributed by atoms with Crippen LogP contribution in [-0.2, 0) is 4.79 Å². The molecule has 0 saturated carbocycles. The number of carboxylic acids is 1. The summed E-state index contributed by atoms with van der Waals surface area (Å²) in [5.74, 6) is -1.16. The Morgan fingerprint density at radius 1 is 1.47 bits per heavy atom. The van der Waals surface area contributed by atoms with E-state index in [0.29, 0.717) is 18.5 Å². The molecule has 6 heteroatoms. The second kappa shape index (κ2) is 6.57. The Hall–Kier alpha value is -1.98. The van der Waals surface area contributed by atoms with E-state index in [9.17, 15) is 9.59 Å². The molecule has 1 heterocycles. The van der Waals surface area contributed by atoms with Gasteiger partial charge in [0.2, 0.25) is 0 Å². The fourth-order valence-corrected chi connectivity index (χ4v) is 1.37. The number of nitrogens with zero attached hydrogens (tertiary/aromatic N) is 2. The molecule has 0 fully saturated rings. The van der Waals surface area contributed by atoms with Gasteiger partial charge in [0.15, 0.2) is 0 Å². The minimum Gasteiger partial charge on any atom is -0.481 e. The van der Waals surface area contributed by atoms with Gasteiger partial charge in [0.1, 0.15) is 0 Å². The van der Waals surface area contributed by atoms with Crippen LogP contribution in [0.15, 0.2) is 18.5 Å². The van der Waals surface area contributed by atoms with Crippen LogP contribution in [0, 0.1) is 5.92 Å². The Kier molecular flexibility index (Phi) is 5.06. The maximum Gasteiger partial charge on any atom is 0.303 e. The lowest BCUT2D eigenvalue weighted by molar-refractivity contribution is -0.138. The number of carboxylic acid groups (broad SMARTS) is 1. The molecular formula is C11H15N3O3. The molecule has 0 aliphatic heterocycles. The van der Waals surface area contributed by atoms with Crippen LogP contribution in [0.1, 0.15) is 30.1 Å². The van der Waals surface area contributed by atoms with Crippen LogP contribution in [0.4, 0.5) is 0 Å². The minimum absolute atomic E-state index is 0.0498. The summed E-state index contributed by atoms with van der Waals surface area (Å²) in [5.41, 5.74) is 0.421. The van der Waals surface area contributed by atoms with Crippen LogP contribution in [0.3, 0.4) is 0 Å². The average molecular weight is 237 g/mol. The summed E-state index contributed by atoms with van der Waals surface area (Å²) in [6.07, 6.45) is 3.57. The van der Waals surface area contributed by atoms with Gasteiger partial charge in [0.05, 0.1) is 18.0 Å². The van der Waals surface area contributed by atoms with Gasteiger partial charge < -0.3 is 10.4 Å². The highest BCUT2D eigenvalue weighted by molar-refractivity contribution is 5.93. The molecular weight excluding hydrogens is 222 g/mol. The van der Waals surface area contributed by atoms with Crippen LogP contribution in [0.5, 0.6) is 0 Å². The summed E-state index contributed by atoms with van der Waals surface area (Å²) in [5, 5.41) is 18.5. The topological polar surface area (TPSA) is 92.2 Å². The van der Waals surface area contributed by atoms with Crippen molar-refractivity contribution in [2.24, 2.45) is 5.92 Å². The van der Waals surface area contributed by atoms with Gasteiger partial charge in [-0.25, -0.2) is 0 Å². The van der Waals surface area contributed by atoms with Crippen molar-refractivity contribution >= 4 is 11.9 Å². The number of aromatic nitrogens is 2. The third-order valence-electron chi connectivity index (χ3n) is 2.44. The molecule has 1 rings (SSSR count). The fraction of sp³-hybridized carbons (Fsp3) is 0.455. The van der Waals surface area contributed by atoms with Crippen LogP contribution in [0.25, 0.3) is 0 Å². The molecule has 0 radical (unpaired) electrons. The molecule has 0 spiro atoms. The summed E-state index contributed by atoms with van der Waals surface area (Å²) < 4.78 is 0. The maximum atomic E-state index is 11.6. The number of amides is 1. The van der Waals surface area contributed by atoms with E-state index in [2.05, 4.69) is 15.5 Å². The lowest BCUT2D eigenvalue weighted by Gasteiger charge is -2.13. The van der Waals surface area contributed by atoms with Gasteiger partial charge in [-0.2, -0.15) is 10.2 Å². The Morgan fingerprint density at radius 3 is 2.76 bits per heavy atom. The number of rotatable bonds is 6. The van der Waals surface area contributed by atoms with Gasteiger partial charge in [-0.1, -0.05) is 13.3 Å². The van der Waals surface area contributed by atoms with Crippen LogP contribution in [-0.4, -0.2) is 33.7 Å². The first kappa shape index (κ1) is 13.1. The Balaban J connectivity index is 2.44. The van der Waals surface area contributed by atoms with Crippen molar-refractivity contribution in [2.75, 3.05) is 6.54 Å². The number of hydrogen-bond acceptors (Lipinski definition) is 4. The molecule has 2 N–H and O–H groups in total. The predicted molar refractivity (Wildman–Crippen MR) is 60.4 cm³/mol. The lowest BCUT2D eigenvalue weighted by atomic mass is 10.0. The largest absolute Gasteiger partial charge is 0.481 e. The third kappa shape index (κ3) is 4.58. The molecule has 17 heavy (non-hydrogen) atoms. The van der Waals surface area contributed by atoms with E-state index in [1.54, 1.807) is 6.07 Å². The summed E-state index contributed by atoms with van der Waals surface area (Å²) >= 11 is 0. The fourth-order valence-electron chi connectivity index (χ4n) is 1.37. The van der Waals surface area contributed by atoms with E-state index < -0.39 is 5.97 Å². The van der Waals surface area contributed by atoms with Crippen LogP contribution in [0.2, 0.25) is 0 Å². The number of nitrogens with one attached hydrogen (secondary N) is 1. The minimum atomic E-state index is -0.850. The molecule has 0 aliphatic carbocycles. The quantitative estimate of drug-likeness (QED) is 0.760. The summed E-state index contributed by atoms with van der Waals surface area (Å²) in [6, 6.07) is 1.56. The maximum absolute atomic E-state index is 11.6. The van der Waals surface area contributed by atoms with Crippen molar-refractivity contribution in [3.05, 3.63) is 24.0 Å². The number of carbonyl (C=O) groups is 2. The Labute approximate surface area is 99.1 Å². The number of aliphatic carboxylic acids is 1. The molecule has 1 amide bonds. The second-order valence-corrected chi connectivity index (χ2v) is 3.71. The van der Waals surface area contributed by atoms with Gasteiger partial charge >= 0.3 is 5.97 Å². The molecule has 1 unspecified atom stereocenters. The van der Waals surface area contributed by atoms with Gasteiger partial charge in [0, 0.05) is 13.0 Å². The molecule has 0 saturated heterocycles. The van der Waals surface area contributed by atoms with E-state index in [4.69, 9.17) is 5.11 Å². The zero-order valence-corrected chi connectivity index (χ0v) is 9.59. The van der Waals surface area contributed by atoms with Gasteiger partial charge in [-0.05, 0) is 12.0 Å². The van der Waals surface area contributed by atoms with Crippen molar-refractivity contribution in [2.45, 2.75) is 19.8 Å². The van der Waals surface area contributed by atoms with E-state index in [1.807, 2.05) is 6.92 Å². The normalized spacial score (nSPS) is 11.8. The predicted octanol–water partition coefficient (Wildman–Crippen LogP) is 0.707. The molecule has 0 bridgehead atoms. The second-order valence-electron chi connectivity index (χ2n) is 3.71. The van der Waals surface area contributed by atoms with Crippen LogP contribution >= 0.6 is 0 Å². The summed E-state index contributed by atoms with van der Waals surface area (Å²) in [4.78, 5) is 22.2. The van der Waals surface area contributed by atoms with E-state index in [0.717, 1.165) is 0 Å². The van der Waals surface area contributed by atoms with Gasteiger partial charge in [-0.15, -0.1) is 0 Å². The highest BCUT2D eigenvalue weighted by atomic mass is 16.4. The van der Waals surface area contributed by atoms with Crippen molar-refractivity contribution in [3.63, 3.8) is 0 Å². The smallest absolute Gasteiger partial charge is 0.303 e. The molecule has 1 atom stereocenters. The molecule has 1 aromatic heterocycles. The SMILES string of the molecule is CCC(CNC(=O)c1ccnnc1)CC(=O)O. The standard InChI is InChI=1S/C11H15N3O3/c1-2-8(5-10(15)16)6-12-11(17)9-3-4-13-14-7-9/h3-4,7-8H,2,5-6H2,1H3,(H,12,17)(H,15,16). The van der Waals surface area contributed by atoms with Crippen LogP contribution < -0.4 is 5.32 Å². The molecule has 0 aliphatic rings. The third-order valence-corrected chi connectivity index (χ3v) is 2.44. The molecule has 6 nitrogen and oxygen atoms in total. The Morgan fingerprint density at radius 2 is 2.24 bits per heavy atom. The highest BCUT2D eigenvalue weighted by Gasteiger charge is 2.13. The van der Waals surface area contributed by atoms with Crippen molar-refractivity contribution in [1.29, 1.82) is 0 Å². The summed E-state index contributed by atoms with van der Waals surface area (Å²) in [6.45, 7) is 2.25. The molecule has 1 aromatic rings. The average Bonchev–Trinajstić information content (AvgIpc) is 2.34.